The van der Waals surface area contributed by atoms with E-state index in [0.717, 1.165) is 0 Å². The highest BCUT2D eigenvalue weighted by Crippen LogP contribution is 2.22. The zero-order valence-corrected chi connectivity index (χ0v) is 8.66. The van der Waals surface area contributed by atoms with Crippen LogP contribution >= 0.6 is 0 Å². The van der Waals surface area contributed by atoms with Crippen molar-refractivity contribution in [1.29, 1.82) is 0 Å². The molecule has 0 saturated heterocycles. The summed E-state index contributed by atoms with van der Waals surface area (Å²) < 4.78 is 10.4. The number of carbonyl (C=O) groups is 1. The molecule has 1 aromatic rings. The maximum absolute atomic E-state index is 11.2. The molecule has 0 fully saturated rings. The molecule has 0 radical (unpaired) electrons. The number of hydrogen-bond acceptors (Lipinski definition) is 3. The van der Waals surface area contributed by atoms with E-state index in [1.54, 1.807) is 25.3 Å². The lowest BCUT2D eigenvalue weighted by atomic mass is 10.1. The van der Waals surface area contributed by atoms with Crippen LogP contribution in [0.15, 0.2) is 18.2 Å². The second-order valence-corrected chi connectivity index (χ2v) is 2.89. The fourth-order valence-corrected chi connectivity index (χ4v) is 1.14. The van der Waals surface area contributed by atoms with E-state index in [1.165, 1.54) is 6.92 Å². The number of hydrogen-bond donors (Lipinski definition) is 0. The predicted octanol–water partition coefficient (Wildman–Crippen LogP) is 2.30. The summed E-state index contributed by atoms with van der Waals surface area (Å²) in [6.45, 7) is 3.99. The summed E-state index contributed by atoms with van der Waals surface area (Å²) in [5.41, 5.74) is 0.604. The van der Waals surface area contributed by atoms with Gasteiger partial charge in [0.05, 0.1) is 13.7 Å². The molecule has 0 saturated carbocycles. The number of ketones is 1. The van der Waals surface area contributed by atoms with Crippen LogP contribution in [0.25, 0.3) is 0 Å². The molecule has 0 aliphatic carbocycles. The highest BCUT2D eigenvalue weighted by molar-refractivity contribution is 5.94. The molecule has 3 heteroatoms. The lowest BCUT2D eigenvalue weighted by molar-refractivity contribution is 0.101. The Balaban J connectivity index is 3.06. The predicted molar refractivity (Wildman–Crippen MR) is 54.2 cm³/mol. The molecule has 0 N–H and O–H groups in total. The van der Waals surface area contributed by atoms with Gasteiger partial charge in [0.25, 0.3) is 0 Å². The van der Waals surface area contributed by atoms with Crippen LogP contribution in [0.4, 0.5) is 0 Å². The Morgan fingerprint density at radius 3 is 2.43 bits per heavy atom. The summed E-state index contributed by atoms with van der Waals surface area (Å²) in [5.74, 6) is 1.31. The van der Waals surface area contributed by atoms with E-state index in [1.807, 2.05) is 6.92 Å². The number of methoxy groups -OCH3 is 1. The summed E-state index contributed by atoms with van der Waals surface area (Å²) in [6.07, 6.45) is 0. The van der Waals surface area contributed by atoms with Crippen molar-refractivity contribution in [2.45, 2.75) is 13.8 Å². The lowest BCUT2D eigenvalue weighted by Crippen LogP contribution is -1.97. The Kier molecular flexibility index (Phi) is 3.51. The van der Waals surface area contributed by atoms with Crippen molar-refractivity contribution in [2.24, 2.45) is 0 Å². The van der Waals surface area contributed by atoms with Gasteiger partial charge in [0.15, 0.2) is 5.78 Å². The van der Waals surface area contributed by atoms with Gasteiger partial charge >= 0.3 is 0 Å². The maximum atomic E-state index is 11.2. The molecule has 76 valence electrons. The van der Waals surface area contributed by atoms with Gasteiger partial charge in [-0.15, -0.1) is 0 Å². The number of Topliss-reactive ketones (excluding diaryl/α,β-unsaturated/α-hetero) is 1. The summed E-state index contributed by atoms with van der Waals surface area (Å²) >= 11 is 0. The van der Waals surface area contributed by atoms with Gasteiger partial charge < -0.3 is 9.47 Å². The Labute approximate surface area is 83.6 Å². The van der Waals surface area contributed by atoms with E-state index in [9.17, 15) is 4.79 Å². The van der Waals surface area contributed by atoms with E-state index < -0.39 is 0 Å². The zero-order valence-electron chi connectivity index (χ0n) is 8.66. The fourth-order valence-electron chi connectivity index (χ4n) is 1.14. The second kappa shape index (κ2) is 4.65. The Hall–Kier alpha value is -1.51. The zero-order chi connectivity index (χ0) is 10.6. The van der Waals surface area contributed by atoms with Gasteiger partial charge in [-0.25, -0.2) is 0 Å². The SMILES string of the molecule is CCOc1cc(OC)cc(C(C)=O)c1. The van der Waals surface area contributed by atoms with Crippen molar-refractivity contribution in [1.82, 2.24) is 0 Å². The lowest BCUT2D eigenvalue weighted by Gasteiger charge is -2.07. The molecule has 1 aromatic carbocycles. The van der Waals surface area contributed by atoms with Gasteiger partial charge in [-0.1, -0.05) is 0 Å². The Morgan fingerprint density at radius 2 is 1.93 bits per heavy atom. The topological polar surface area (TPSA) is 35.5 Å². The quantitative estimate of drug-likeness (QED) is 0.690. The van der Waals surface area contributed by atoms with Crippen LogP contribution in [0.3, 0.4) is 0 Å². The minimum Gasteiger partial charge on any atom is -0.497 e. The molecule has 0 aliphatic rings. The summed E-state index contributed by atoms with van der Waals surface area (Å²) in [4.78, 5) is 11.2. The minimum atomic E-state index is 0.00449. The van der Waals surface area contributed by atoms with E-state index in [4.69, 9.17) is 9.47 Å². The van der Waals surface area contributed by atoms with Crippen LogP contribution in [-0.4, -0.2) is 19.5 Å². The Bertz CT molecular complexity index is 331. The number of ether oxygens (including phenoxy) is 2. The molecular weight excluding hydrogens is 180 g/mol. The molecule has 0 amide bonds. The van der Waals surface area contributed by atoms with E-state index in [0.29, 0.717) is 23.7 Å². The first-order valence-electron chi connectivity index (χ1n) is 4.50. The highest BCUT2D eigenvalue weighted by Gasteiger charge is 2.05. The average Bonchev–Trinajstić information content (AvgIpc) is 2.17. The molecule has 0 bridgehead atoms. The number of benzene rings is 1. The van der Waals surface area contributed by atoms with Crippen molar-refractivity contribution in [2.75, 3.05) is 13.7 Å². The van der Waals surface area contributed by atoms with Crippen molar-refractivity contribution in [3.05, 3.63) is 23.8 Å². The third kappa shape index (κ3) is 2.49. The third-order valence-corrected chi connectivity index (χ3v) is 1.83. The van der Waals surface area contributed by atoms with E-state index in [2.05, 4.69) is 0 Å². The monoisotopic (exact) mass is 194 g/mol. The smallest absolute Gasteiger partial charge is 0.160 e. The molecule has 0 unspecified atom stereocenters. The largest absolute Gasteiger partial charge is 0.497 e. The van der Waals surface area contributed by atoms with E-state index in [-0.39, 0.29) is 5.78 Å². The normalized spacial score (nSPS) is 9.64. The molecular formula is C11H14O3. The van der Waals surface area contributed by atoms with Gasteiger partial charge in [0.1, 0.15) is 11.5 Å². The van der Waals surface area contributed by atoms with Gasteiger partial charge in [0, 0.05) is 11.6 Å². The third-order valence-electron chi connectivity index (χ3n) is 1.83. The minimum absolute atomic E-state index is 0.00449. The maximum Gasteiger partial charge on any atom is 0.160 e. The van der Waals surface area contributed by atoms with Gasteiger partial charge in [-0.2, -0.15) is 0 Å². The van der Waals surface area contributed by atoms with Gasteiger partial charge in [-0.05, 0) is 26.0 Å². The van der Waals surface area contributed by atoms with E-state index >= 15 is 0 Å². The first-order valence-corrected chi connectivity index (χ1v) is 4.50. The van der Waals surface area contributed by atoms with Crippen LogP contribution in [0.2, 0.25) is 0 Å². The first-order chi connectivity index (χ1) is 6.67. The first kappa shape index (κ1) is 10.6. The number of carbonyl (C=O) groups excluding carboxylic acids is 1. The molecule has 0 atom stereocenters. The van der Waals surface area contributed by atoms with Crippen molar-refractivity contribution < 1.29 is 14.3 Å². The standard InChI is InChI=1S/C11H14O3/c1-4-14-11-6-9(8(2)12)5-10(7-11)13-3/h5-7H,4H2,1-3H3. The highest BCUT2D eigenvalue weighted by atomic mass is 16.5. The summed E-state index contributed by atoms with van der Waals surface area (Å²) in [6, 6.07) is 5.18. The molecule has 0 spiro atoms. The Morgan fingerprint density at radius 1 is 1.29 bits per heavy atom. The molecule has 3 nitrogen and oxygen atoms in total. The average molecular weight is 194 g/mol. The molecule has 0 aliphatic heterocycles. The molecule has 0 aromatic heterocycles. The number of rotatable bonds is 4. The van der Waals surface area contributed by atoms with Crippen LogP contribution in [0, 0.1) is 0 Å². The van der Waals surface area contributed by atoms with Crippen LogP contribution in [-0.2, 0) is 0 Å². The van der Waals surface area contributed by atoms with Gasteiger partial charge in [0.2, 0.25) is 0 Å². The molecule has 0 heterocycles. The molecule has 14 heavy (non-hydrogen) atoms. The van der Waals surface area contributed by atoms with Crippen molar-refractivity contribution >= 4 is 5.78 Å². The van der Waals surface area contributed by atoms with Crippen LogP contribution in [0.1, 0.15) is 24.2 Å². The summed E-state index contributed by atoms with van der Waals surface area (Å²) in [5, 5.41) is 0. The molecule has 1 rings (SSSR count). The van der Waals surface area contributed by atoms with Crippen molar-refractivity contribution in [3.63, 3.8) is 0 Å². The summed E-state index contributed by atoms with van der Waals surface area (Å²) in [7, 11) is 1.56. The van der Waals surface area contributed by atoms with Gasteiger partial charge in [-0.3, -0.25) is 4.79 Å². The van der Waals surface area contributed by atoms with Crippen molar-refractivity contribution in [3.8, 4) is 11.5 Å². The van der Waals surface area contributed by atoms with Crippen LogP contribution in [0.5, 0.6) is 11.5 Å². The van der Waals surface area contributed by atoms with Crippen LogP contribution < -0.4 is 9.47 Å². The fraction of sp³-hybridized carbons (Fsp3) is 0.364. The second-order valence-electron chi connectivity index (χ2n) is 2.89.